The van der Waals surface area contributed by atoms with Gasteiger partial charge in [0.2, 0.25) is 15.9 Å². The molecule has 2 aromatic rings. The molecule has 2 N–H and O–H groups in total. The molecule has 0 aromatic heterocycles. The third-order valence-electron chi connectivity index (χ3n) is 4.31. The zero-order chi connectivity index (χ0) is 22.0. The molecule has 0 radical (unpaired) electrons. The Morgan fingerprint density at radius 2 is 1.57 bits per heavy atom. The molecule has 30 heavy (non-hydrogen) atoms. The van der Waals surface area contributed by atoms with E-state index in [0.717, 1.165) is 17.5 Å². The molecule has 2 aromatic carbocycles. The summed E-state index contributed by atoms with van der Waals surface area (Å²) in [6, 6.07) is 13.6. The van der Waals surface area contributed by atoms with Gasteiger partial charge >= 0.3 is 5.97 Å². The van der Waals surface area contributed by atoms with Crippen molar-refractivity contribution >= 4 is 27.6 Å². The SMILES string of the molecule is CCCNS(=O)(=O)c1ccc(CCC(=O)Nc2ccc(CC(=O)OCC)cc2)cc1. The highest BCUT2D eigenvalue weighted by Gasteiger charge is 2.13. The van der Waals surface area contributed by atoms with Crippen molar-refractivity contribution in [1.82, 2.24) is 4.72 Å². The average molecular weight is 433 g/mol. The van der Waals surface area contributed by atoms with Crippen LogP contribution in [0.3, 0.4) is 0 Å². The third-order valence-corrected chi connectivity index (χ3v) is 5.78. The summed E-state index contributed by atoms with van der Waals surface area (Å²) in [5.41, 5.74) is 2.34. The molecule has 0 spiro atoms. The van der Waals surface area contributed by atoms with E-state index in [1.54, 1.807) is 55.5 Å². The van der Waals surface area contributed by atoms with Gasteiger partial charge < -0.3 is 10.1 Å². The number of carbonyl (C=O) groups is 2. The highest BCUT2D eigenvalue weighted by atomic mass is 32.2. The summed E-state index contributed by atoms with van der Waals surface area (Å²) in [6.45, 7) is 4.40. The molecule has 0 aliphatic heterocycles. The molecule has 0 aliphatic rings. The smallest absolute Gasteiger partial charge is 0.310 e. The Balaban J connectivity index is 1.84. The molecule has 0 heterocycles. The van der Waals surface area contributed by atoms with Gasteiger partial charge in [0, 0.05) is 18.7 Å². The van der Waals surface area contributed by atoms with Crippen molar-refractivity contribution < 1.29 is 22.7 Å². The molecule has 0 saturated carbocycles. The molecule has 0 atom stereocenters. The van der Waals surface area contributed by atoms with Crippen LogP contribution in [-0.4, -0.2) is 33.4 Å². The number of hydrogen-bond donors (Lipinski definition) is 2. The van der Waals surface area contributed by atoms with Gasteiger partial charge in [0.25, 0.3) is 0 Å². The van der Waals surface area contributed by atoms with Crippen LogP contribution in [-0.2, 0) is 37.2 Å². The predicted octanol–water partition coefficient (Wildman–Crippen LogP) is 3.05. The molecular formula is C22H28N2O5S. The lowest BCUT2D eigenvalue weighted by Crippen LogP contribution is -2.24. The number of nitrogens with one attached hydrogen (secondary N) is 2. The van der Waals surface area contributed by atoms with E-state index in [2.05, 4.69) is 10.0 Å². The number of rotatable bonds is 11. The largest absolute Gasteiger partial charge is 0.466 e. The van der Waals surface area contributed by atoms with Crippen molar-refractivity contribution in [2.45, 2.75) is 44.4 Å². The van der Waals surface area contributed by atoms with Crippen LogP contribution in [0, 0.1) is 0 Å². The van der Waals surface area contributed by atoms with E-state index >= 15 is 0 Å². The van der Waals surface area contributed by atoms with Gasteiger partial charge in [-0.05, 0) is 55.2 Å². The molecule has 2 rings (SSSR count). The Labute approximate surface area is 177 Å². The van der Waals surface area contributed by atoms with Crippen molar-refractivity contribution in [3.63, 3.8) is 0 Å². The molecule has 0 unspecified atom stereocenters. The second-order valence-electron chi connectivity index (χ2n) is 6.77. The van der Waals surface area contributed by atoms with Crippen LogP contribution in [0.15, 0.2) is 53.4 Å². The summed E-state index contributed by atoms with van der Waals surface area (Å²) in [5.74, 6) is -0.427. The number of amides is 1. The highest BCUT2D eigenvalue weighted by Crippen LogP contribution is 2.14. The van der Waals surface area contributed by atoms with Crippen LogP contribution in [0.2, 0.25) is 0 Å². The monoisotopic (exact) mass is 432 g/mol. The molecule has 1 amide bonds. The van der Waals surface area contributed by atoms with Gasteiger partial charge in [-0.25, -0.2) is 13.1 Å². The number of aryl methyl sites for hydroxylation is 1. The molecule has 0 saturated heterocycles. The van der Waals surface area contributed by atoms with Gasteiger partial charge in [-0.15, -0.1) is 0 Å². The quantitative estimate of drug-likeness (QED) is 0.532. The number of carbonyl (C=O) groups excluding carboxylic acids is 2. The summed E-state index contributed by atoms with van der Waals surface area (Å²) >= 11 is 0. The van der Waals surface area contributed by atoms with Gasteiger partial charge in [-0.1, -0.05) is 31.2 Å². The third kappa shape index (κ3) is 7.61. The predicted molar refractivity (Wildman–Crippen MR) is 116 cm³/mol. The van der Waals surface area contributed by atoms with E-state index in [0.29, 0.717) is 25.3 Å². The van der Waals surface area contributed by atoms with Gasteiger partial charge in [-0.2, -0.15) is 0 Å². The van der Waals surface area contributed by atoms with Crippen molar-refractivity contribution in [3.05, 3.63) is 59.7 Å². The van der Waals surface area contributed by atoms with Crippen LogP contribution in [0.5, 0.6) is 0 Å². The van der Waals surface area contributed by atoms with Crippen molar-refractivity contribution in [3.8, 4) is 0 Å². The second-order valence-corrected chi connectivity index (χ2v) is 8.54. The lowest BCUT2D eigenvalue weighted by Gasteiger charge is -2.08. The summed E-state index contributed by atoms with van der Waals surface area (Å²) in [4.78, 5) is 23.9. The van der Waals surface area contributed by atoms with Gasteiger partial charge in [0.1, 0.15) is 0 Å². The number of esters is 1. The van der Waals surface area contributed by atoms with E-state index in [-0.39, 0.29) is 29.6 Å². The van der Waals surface area contributed by atoms with Crippen LogP contribution >= 0.6 is 0 Å². The first-order valence-electron chi connectivity index (χ1n) is 9.97. The van der Waals surface area contributed by atoms with Gasteiger partial charge in [0.15, 0.2) is 0 Å². The minimum atomic E-state index is -3.48. The first-order chi connectivity index (χ1) is 14.3. The summed E-state index contributed by atoms with van der Waals surface area (Å²) in [5, 5.41) is 2.82. The molecule has 162 valence electrons. The molecular weight excluding hydrogens is 404 g/mol. The van der Waals surface area contributed by atoms with Crippen molar-refractivity contribution in [2.75, 3.05) is 18.5 Å². The fourth-order valence-corrected chi connectivity index (χ4v) is 3.85. The Morgan fingerprint density at radius 3 is 2.17 bits per heavy atom. The Kier molecular flexibility index (Phi) is 9.01. The number of sulfonamides is 1. The molecule has 7 nitrogen and oxygen atoms in total. The number of ether oxygens (including phenoxy) is 1. The number of anilines is 1. The number of benzene rings is 2. The summed E-state index contributed by atoms with van der Waals surface area (Å²) in [7, 11) is -3.48. The maximum atomic E-state index is 12.2. The topological polar surface area (TPSA) is 102 Å². The van der Waals surface area contributed by atoms with Crippen LogP contribution in [0.25, 0.3) is 0 Å². The first-order valence-corrected chi connectivity index (χ1v) is 11.5. The van der Waals surface area contributed by atoms with Gasteiger partial charge in [0.05, 0.1) is 17.9 Å². The minimum absolute atomic E-state index is 0.144. The van der Waals surface area contributed by atoms with E-state index in [1.807, 2.05) is 6.92 Å². The van der Waals surface area contributed by atoms with E-state index < -0.39 is 10.0 Å². The summed E-state index contributed by atoms with van der Waals surface area (Å²) < 4.78 is 31.6. The molecule has 0 bridgehead atoms. The van der Waals surface area contributed by atoms with E-state index in [1.165, 1.54) is 0 Å². The highest BCUT2D eigenvalue weighted by molar-refractivity contribution is 7.89. The van der Waals surface area contributed by atoms with Crippen LogP contribution in [0.1, 0.15) is 37.8 Å². The standard InChI is InChI=1S/C22H28N2O5S/c1-3-15-23-30(27,28)20-12-7-17(8-13-20)9-14-21(25)24-19-10-5-18(6-11-19)16-22(26)29-4-2/h5-8,10-13,23H,3-4,9,14-16H2,1-2H3,(H,24,25). The zero-order valence-corrected chi connectivity index (χ0v) is 18.1. The normalized spacial score (nSPS) is 11.1. The average Bonchev–Trinajstić information content (AvgIpc) is 2.73. The summed E-state index contributed by atoms with van der Waals surface area (Å²) in [6.07, 6.45) is 1.68. The zero-order valence-electron chi connectivity index (χ0n) is 17.3. The lowest BCUT2D eigenvalue weighted by molar-refractivity contribution is -0.142. The Bertz CT molecular complexity index is 938. The Hall–Kier alpha value is -2.71. The van der Waals surface area contributed by atoms with Crippen LogP contribution in [0.4, 0.5) is 5.69 Å². The second kappa shape index (κ2) is 11.5. The molecule has 8 heteroatoms. The van der Waals surface area contributed by atoms with E-state index in [9.17, 15) is 18.0 Å². The number of hydrogen-bond acceptors (Lipinski definition) is 5. The first kappa shape index (κ1) is 23.6. The molecule has 0 aliphatic carbocycles. The lowest BCUT2D eigenvalue weighted by atomic mass is 10.1. The minimum Gasteiger partial charge on any atom is -0.466 e. The molecule has 0 fully saturated rings. The maximum absolute atomic E-state index is 12.2. The van der Waals surface area contributed by atoms with Crippen molar-refractivity contribution in [2.24, 2.45) is 0 Å². The van der Waals surface area contributed by atoms with Gasteiger partial charge in [-0.3, -0.25) is 9.59 Å². The fraction of sp³-hybridized carbons (Fsp3) is 0.364. The Morgan fingerprint density at radius 1 is 0.933 bits per heavy atom. The maximum Gasteiger partial charge on any atom is 0.310 e. The van der Waals surface area contributed by atoms with Crippen LogP contribution < -0.4 is 10.0 Å². The van der Waals surface area contributed by atoms with E-state index in [4.69, 9.17) is 4.74 Å². The fourth-order valence-electron chi connectivity index (χ4n) is 2.72. The van der Waals surface area contributed by atoms with Crippen molar-refractivity contribution in [1.29, 1.82) is 0 Å².